The van der Waals surface area contributed by atoms with Crippen LogP contribution in [0.4, 0.5) is 0 Å². The molecule has 1 aromatic heterocycles. The van der Waals surface area contributed by atoms with E-state index in [9.17, 15) is 0 Å². The van der Waals surface area contributed by atoms with Crippen LogP contribution in [0.2, 0.25) is 0 Å². The van der Waals surface area contributed by atoms with E-state index in [2.05, 4.69) is 58.7 Å². The molecule has 1 unspecified atom stereocenters. The summed E-state index contributed by atoms with van der Waals surface area (Å²) in [7, 11) is 7.62. The standard InChI is InChI=1S/C19H29N5OS/c1-6-16-11-21-18(26-16)13-23-19(20-2)22-12-17(24(3)4)14-7-9-15(25-5)10-8-14/h7-11,17H,6,12-13H2,1-5H3,(H2,20,22,23). The molecule has 0 bridgehead atoms. The van der Waals surface area contributed by atoms with E-state index < -0.39 is 0 Å². The molecule has 1 heterocycles. The molecule has 0 radical (unpaired) electrons. The van der Waals surface area contributed by atoms with Crippen LogP contribution in [0.25, 0.3) is 0 Å². The molecule has 2 rings (SSSR count). The summed E-state index contributed by atoms with van der Waals surface area (Å²) in [4.78, 5) is 12.2. The second kappa shape index (κ2) is 10.1. The molecule has 0 fully saturated rings. The number of ether oxygens (including phenoxy) is 1. The zero-order valence-corrected chi connectivity index (χ0v) is 17.1. The SMILES string of the molecule is CCc1cnc(CNC(=NC)NCC(c2ccc(OC)cc2)N(C)C)s1. The number of aromatic nitrogens is 1. The van der Waals surface area contributed by atoms with Gasteiger partial charge < -0.3 is 20.3 Å². The third-order valence-electron chi connectivity index (χ3n) is 4.17. The van der Waals surface area contributed by atoms with E-state index in [1.165, 1.54) is 10.4 Å². The zero-order valence-electron chi connectivity index (χ0n) is 16.2. The van der Waals surface area contributed by atoms with Gasteiger partial charge in [-0.15, -0.1) is 11.3 Å². The van der Waals surface area contributed by atoms with Gasteiger partial charge in [0.25, 0.3) is 0 Å². The quantitative estimate of drug-likeness (QED) is 0.549. The third-order valence-corrected chi connectivity index (χ3v) is 5.31. The maximum atomic E-state index is 5.25. The molecule has 6 nitrogen and oxygen atoms in total. The number of nitrogens with one attached hydrogen (secondary N) is 2. The molecule has 2 N–H and O–H groups in total. The fraction of sp³-hybridized carbons (Fsp3) is 0.474. The summed E-state index contributed by atoms with van der Waals surface area (Å²) >= 11 is 1.74. The van der Waals surface area contributed by atoms with Crippen LogP contribution < -0.4 is 15.4 Å². The maximum Gasteiger partial charge on any atom is 0.191 e. The predicted molar refractivity (Wildman–Crippen MR) is 109 cm³/mol. The first-order valence-electron chi connectivity index (χ1n) is 8.75. The van der Waals surface area contributed by atoms with Crippen molar-refractivity contribution in [2.24, 2.45) is 4.99 Å². The Labute approximate surface area is 160 Å². The molecule has 0 spiro atoms. The highest BCUT2D eigenvalue weighted by Gasteiger charge is 2.15. The van der Waals surface area contributed by atoms with Gasteiger partial charge in [-0.05, 0) is 38.2 Å². The van der Waals surface area contributed by atoms with Crippen molar-refractivity contribution in [2.45, 2.75) is 25.9 Å². The van der Waals surface area contributed by atoms with Crippen molar-refractivity contribution in [3.63, 3.8) is 0 Å². The average Bonchev–Trinajstić information content (AvgIpc) is 3.12. The first kappa shape index (κ1) is 20.2. The molecule has 2 aromatic rings. The number of aryl methyl sites for hydroxylation is 1. The number of likely N-dealkylation sites (N-methyl/N-ethyl adjacent to an activating group) is 1. The van der Waals surface area contributed by atoms with Gasteiger partial charge in [0.1, 0.15) is 10.8 Å². The van der Waals surface area contributed by atoms with Crippen LogP contribution in [0, 0.1) is 0 Å². The highest BCUT2D eigenvalue weighted by Crippen LogP contribution is 2.20. The Kier molecular flexibility index (Phi) is 7.87. The van der Waals surface area contributed by atoms with E-state index in [0.29, 0.717) is 6.54 Å². The van der Waals surface area contributed by atoms with E-state index in [1.54, 1.807) is 25.5 Å². The summed E-state index contributed by atoms with van der Waals surface area (Å²) in [5.41, 5.74) is 1.23. The largest absolute Gasteiger partial charge is 0.497 e. The number of benzene rings is 1. The summed E-state index contributed by atoms with van der Waals surface area (Å²) in [5, 5.41) is 7.82. The molecule has 142 valence electrons. The van der Waals surface area contributed by atoms with Gasteiger partial charge >= 0.3 is 0 Å². The summed E-state index contributed by atoms with van der Waals surface area (Å²) in [6.07, 6.45) is 2.97. The lowest BCUT2D eigenvalue weighted by Gasteiger charge is -2.26. The molecule has 0 amide bonds. The molecular formula is C19H29N5OS. The molecule has 0 aliphatic rings. The number of nitrogens with zero attached hydrogens (tertiary/aromatic N) is 3. The first-order valence-corrected chi connectivity index (χ1v) is 9.57. The van der Waals surface area contributed by atoms with Crippen LogP contribution in [0.15, 0.2) is 35.5 Å². The van der Waals surface area contributed by atoms with Crippen molar-refractivity contribution >= 4 is 17.3 Å². The fourth-order valence-electron chi connectivity index (χ4n) is 2.59. The number of hydrogen-bond donors (Lipinski definition) is 2. The molecule has 7 heteroatoms. The lowest BCUT2D eigenvalue weighted by Crippen LogP contribution is -2.41. The molecule has 0 aliphatic heterocycles. The number of guanidine groups is 1. The minimum absolute atomic E-state index is 0.228. The summed E-state index contributed by atoms with van der Waals surface area (Å²) in [6.45, 7) is 3.57. The third kappa shape index (κ3) is 5.71. The average molecular weight is 376 g/mol. The Morgan fingerprint density at radius 1 is 1.27 bits per heavy atom. The van der Waals surface area contributed by atoms with Gasteiger partial charge in [0, 0.05) is 24.7 Å². The first-order chi connectivity index (χ1) is 12.6. The number of rotatable bonds is 8. The normalized spacial score (nSPS) is 12.9. The minimum Gasteiger partial charge on any atom is -0.497 e. The Bertz CT molecular complexity index is 696. The van der Waals surface area contributed by atoms with Crippen molar-refractivity contribution in [2.75, 3.05) is 34.8 Å². The number of aliphatic imine (C=N–C) groups is 1. The smallest absolute Gasteiger partial charge is 0.191 e. The van der Waals surface area contributed by atoms with Crippen LogP contribution in [0.3, 0.4) is 0 Å². The summed E-state index contributed by atoms with van der Waals surface area (Å²) in [5.74, 6) is 1.64. The van der Waals surface area contributed by atoms with E-state index in [1.807, 2.05) is 18.3 Å². The van der Waals surface area contributed by atoms with Crippen LogP contribution in [0.5, 0.6) is 5.75 Å². The Morgan fingerprint density at radius 3 is 2.54 bits per heavy atom. The number of thiazole rings is 1. The second-order valence-electron chi connectivity index (χ2n) is 6.13. The van der Waals surface area contributed by atoms with E-state index in [4.69, 9.17) is 4.74 Å². The molecule has 1 atom stereocenters. The van der Waals surface area contributed by atoms with Gasteiger partial charge in [0.2, 0.25) is 0 Å². The van der Waals surface area contributed by atoms with Crippen molar-refractivity contribution in [1.82, 2.24) is 20.5 Å². The molecule has 0 saturated heterocycles. The van der Waals surface area contributed by atoms with Gasteiger partial charge in [-0.3, -0.25) is 4.99 Å². The minimum atomic E-state index is 0.228. The number of methoxy groups -OCH3 is 1. The van der Waals surface area contributed by atoms with Gasteiger partial charge in [-0.1, -0.05) is 19.1 Å². The van der Waals surface area contributed by atoms with Crippen LogP contribution >= 0.6 is 11.3 Å². The van der Waals surface area contributed by atoms with Gasteiger partial charge in [-0.2, -0.15) is 0 Å². The van der Waals surface area contributed by atoms with Gasteiger partial charge in [-0.25, -0.2) is 4.98 Å². The van der Waals surface area contributed by atoms with Crippen molar-refractivity contribution < 1.29 is 4.74 Å². The van der Waals surface area contributed by atoms with Crippen LogP contribution in [0.1, 0.15) is 28.4 Å². The summed E-state index contributed by atoms with van der Waals surface area (Å²) < 4.78 is 5.25. The lowest BCUT2D eigenvalue weighted by molar-refractivity contribution is 0.298. The van der Waals surface area contributed by atoms with Crippen molar-refractivity contribution in [3.05, 3.63) is 45.9 Å². The molecule has 26 heavy (non-hydrogen) atoms. The van der Waals surface area contributed by atoms with Crippen LogP contribution in [-0.4, -0.2) is 50.6 Å². The molecule has 1 aromatic carbocycles. The highest BCUT2D eigenvalue weighted by molar-refractivity contribution is 7.11. The fourth-order valence-corrected chi connectivity index (χ4v) is 3.39. The topological polar surface area (TPSA) is 61.8 Å². The lowest BCUT2D eigenvalue weighted by atomic mass is 10.1. The Morgan fingerprint density at radius 2 is 2.00 bits per heavy atom. The Hall–Kier alpha value is -2.12. The highest BCUT2D eigenvalue weighted by atomic mass is 32.1. The van der Waals surface area contributed by atoms with E-state index in [-0.39, 0.29) is 6.04 Å². The molecular weight excluding hydrogens is 346 g/mol. The number of hydrogen-bond acceptors (Lipinski definition) is 5. The van der Waals surface area contributed by atoms with Crippen molar-refractivity contribution in [1.29, 1.82) is 0 Å². The van der Waals surface area contributed by atoms with Crippen molar-refractivity contribution in [3.8, 4) is 5.75 Å². The predicted octanol–water partition coefficient (Wildman–Crippen LogP) is 2.68. The van der Waals surface area contributed by atoms with Gasteiger partial charge in [0.05, 0.1) is 19.7 Å². The van der Waals surface area contributed by atoms with Crippen LogP contribution in [-0.2, 0) is 13.0 Å². The van der Waals surface area contributed by atoms with E-state index in [0.717, 1.165) is 29.7 Å². The second-order valence-corrected chi connectivity index (χ2v) is 7.33. The Balaban J connectivity index is 1.92. The summed E-state index contributed by atoms with van der Waals surface area (Å²) in [6, 6.07) is 8.41. The monoisotopic (exact) mass is 375 g/mol. The van der Waals surface area contributed by atoms with Gasteiger partial charge in [0.15, 0.2) is 5.96 Å². The zero-order chi connectivity index (χ0) is 18.9. The maximum absolute atomic E-state index is 5.25. The van der Waals surface area contributed by atoms with E-state index >= 15 is 0 Å². The molecule has 0 aliphatic carbocycles. The molecule has 0 saturated carbocycles.